The molecule has 0 saturated carbocycles. The van der Waals surface area contributed by atoms with E-state index in [-0.39, 0.29) is 10.8 Å². The standard InChI is InChI=1S/C64H52N2.C56H36N2/c1-61(2,3)41-33-35-45-47-39-56-48(40-55(47)63(53(45)37-41)49-25-13-17-29-57(49)65(43-21-9-7-10-22-43)58-30-18-14-26-50(58)63)46-36-34-42(62(4,5)6)38-54(46)64(56)51-27-15-19-31-59(51)66(44-23-11-8-12-24-44)60-32-20-16-28-52(60)64;1-3-19-37(20-4-1)57-51-31-15-11-27-45(51)55(46-28-12-16-32-52(46)57)43-25-9-7-23-39(43)41-36-50-42(35-49(41)55)40-24-8-10-26-44(40)56(50)47-29-13-17-33-53(47)58(38-21-5-2-6-22-38)54-34-18-14-30-48(54)56/h7-40H,1-6H3;1-36H. The zero-order valence-corrected chi connectivity index (χ0v) is 70.2. The Morgan fingerprint density at radius 1 is 0.145 bits per heavy atom. The minimum atomic E-state index is -0.590. The highest BCUT2D eigenvalue weighted by atomic mass is 15.2. The molecule has 0 unspecified atom stereocenters. The molecule has 4 aliphatic heterocycles. The number of hydrogen-bond acceptors (Lipinski definition) is 4. The van der Waals surface area contributed by atoms with Gasteiger partial charge in [-0.25, -0.2) is 0 Å². The molecule has 4 spiro atoms. The molecule has 0 aromatic heterocycles. The van der Waals surface area contributed by atoms with Crippen molar-refractivity contribution in [1.82, 2.24) is 0 Å². The summed E-state index contributed by atoms with van der Waals surface area (Å²) in [6.07, 6.45) is 0. The van der Waals surface area contributed by atoms with Crippen molar-refractivity contribution >= 4 is 68.2 Å². The fraction of sp³-hybridized carbons (Fsp3) is 0.100. The summed E-state index contributed by atoms with van der Waals surface area (Å²) in [6, 6.07) is 161. The smallest absolute Gasteiger partial charge is 0.0754 e. The summed E-state index contributed by atoms with van der Waals surface area (Å²) in [6.45, 7) is 14.1. The predicted molar refractivity (Wildman–Crippen MR) is 512 cm³/mol. The van der Waals surface area contributed by atoms with Crippen LogP contribution < -0.4 is 19.6 Å². The zero-order chi connectivity index (χ0) is 82.7. The number of hydrogen-bond donors (Lipinski definition) is 0. The van der Waals surface area contributed by atoms with Gasteiger partial charge in [-0.15, -0.1) is 0 Å². The second kappa shape index (κ2) is 26.3. The molecule has 0 amide bonds. The fourth-order valence-electron chi connectivity index (χ4n) is 23.8. The zero-order valence-electron chi connectivity index (χ0n) is 70.2. The first kappa shape index (κ1) is 72.0. The Labute approximate surface area is 726 Å². The Hall–Kier alpha value is -14.8. The highest BCUT2D eigenvalue weighted by molar-refractivity contribution is 6.05. The van der Waals surface area contributed by atoms with Gasteiger partial charge in [0, 0.05) is 22.7 Å². The van der Waals surface area contributed by atoms with Gasteiger partial charge in [0.2, 0.25) is 0 Å². The van der Waals surface area contributed by atoms with E-state index in [9.17, 15) is 0 Å². The molecule has 26 rings (SSSR count). The monoisotopic (exact) mass is 1580 g/mol. The van der Waals surface area contributed by atoms with Gasteiger partial charge < -0.3 is 19.6 Å². The minimum Gasteiger partial charge on any atom is -0.310 e. The molecule has 124 heavy (non-hydrogen) atoms. The Kier molecular flexibility index (Phi) is 15.3. The summed E-state index contributed by atoms with van der Waals surface area (Å²) < 4.78 is 0. The lowest BCUT2D eigenvalue weighted by molar-refractivity contribution is 0.587. The SMILES string of the molecule is CC(C)(C)c1ccc2c(c1)C1(c3cc4c(cc3-2)C2(c3cc(C(C)(C)C)ccc3-4)c3ccccc3N(c3ccccc3)c3ccccc32)c2ccccc2N(c2ccccc2)c2ccccc21.c1ccc(N2c3ccccc3C3(c4ccccc4-c4cc5c(cc43)-c3ccccc3C53c4ccccc4N(c4ccccc4)c4ccccc43)c3ccccc32)cc1. The maximum absolute atomic E-state index is 2.65. The van der Waals surface area contributed by atoms with Gasteiger partial charge in [-0.1, -0.05) is 345 Å². The van der Waals surface area contributed by atoms with Crippen molar-refractivity contribution in [2.75, 3.05) is 19.6 Å². The molecule has 18 aromatic rings. The van der Waals surface area contributed by atoms with Crippen LogP contribution in [0.15, 0.2) is 425 Å². The third kappa shape index (κ3) is 9.47. The summed E-state index contributed by atoms with van der Waals surface area (Å²) in [7, 11) is 0. The van der Waals surface area contributed by atoms with Gasteiger partial charge in [-0.05, 0) is 277 Å². The summed E-state index contributed by atoms with van der Waals surface area (Å²) in [4.78, 5) is 9.90. The van der Waals surface area contributed by atoms with Crippen LogP contribution in [-0.2, 0) is 32.5 Å². The topological polar surface area (TPSA) is 13.0 Å². The lowest BCUT2D eigenvalue weighted by atomic mass is 9.62. The van der Waals surface area contributed by atoms with E-state index >= 15 is 0 Å². The molecule has 4 aliphatic carbocycles. The molecule has 0 saturated heterocycles. The highest BCUT2D eigenvalue weighted by Gasteiger charge is 2.60. The van der Waals surface area contributed by atoms with Crippen molar-refractivity contribution in [3.05, 3.63) is 525 Å². The molecule has 4 nitrogen and oxygen atoms in total. The molecule has 0 N–H and O–H groups in total. The lowest BCUT2D eigenvalue weighted by Crippen LogP contribution is -2.37. The molecule has 0 bridgehead atoms. The van der Waals surface area contributed by atoms with Crippen LogP contribution in [0.5, 0.6) is 0 Å². The average molecular weight is 1590 g/mol. The second-order valence-corrected chi connectivity index (χ2v) is 36.8. The van der Waals surface area contributed by atoms with Crippen LogP contribution in [-0.4, -0.2) is 0 Å². The number of fused-ring (bicyclic) bond motifs is 36. The lowest BCUT2D eigenvalue weighted by Gasteiger charge is -2.46. The van der Waals surface area contributed by atoms with E-state index in [1.807, 2.05) is 0 Å². The van der Waals surface area contributed by atoms with Crippen LogP contribution in [0, 0.1) is 0 Å². The predicted octanol–water partition coefficient (Wildman–Crippen LogP) is 30.6. The number of para-hydroxylation sites is 12. The van der Waals surface area contributed by atoms with Crippen LogP contribution in [0.3, 0.4) is 0 Å². The first-order valence-electron chi connectivity index (χ1n) is 43.9. The summed E-state index contributed by atoms with van der Waals surface area (Å²) >= 11 is 0. The Morgan fingerprint density at radius 2 is 0.315 bits per heavy atom. The van der Waals surface area contributed by atoms with Crippen molar-refractivity contribution in [2.24, 2.45) is 0 Å². The van der Waals surface area contributed by atoms with Gasteiger partial charge in [0.15, 0.2) is 0 Å². The van der Waals surface area contributed by atoms with Crippen molar-refractivity contribution in [3.8, 4) is 44.5 Å². The summed E-state index contributed by atoms with van der Waals surface area (Å²) in [5, 5.41) is 0. The molecular weight excluding hydrogens is 1500 g/mol. The fourth-order valence-corrected chi connectivity index (χ4v) is 23.8. The van der Waals surface area contributed by atoms with Crippen LogP contribution in [0.4, 0.5) is 68.2 Å². The molecule has 18 aromatic carbocycles. The normalized spacial score (nSPS) is 15.2. The molecule has 0 fully saturated rings. The summed E-state index contributed by atoms with van der Waals surface area (Å²) in [5.41, 5.74) is 46.3. The number of benzene rings is 18. The van der Waals surface area contributed by atoms with Crippen molar-refractivity contribution < 1.29 is 0 Å². The second-order valence-electron chi connectivity index (χ2n) is 36.8. The molecule has 8 aliphatic rings. The van der Waals surface area contributed by atoms with E-state index in [2.05, 4.69) is 486 Å². The van der Waals surface area contributed by atoms with Crippen molar-refractivity contribution in [3.63, 3.8) is 0 Å². The number of nitrogens with zero attached hydrogens (tertiary/aromatic N) is 4. The number of rotatable bonds is 4. The minimum absolute atomic E-state index is 0.0512. The van der Waals surface area contributed by atoms with Crippen LogP contribution in [0.2, 0.25) is 0 Å². The Balaban J connectivity index is 0.000000137. The highest BCUT2D eigenvalue weighted by Crippen LogP contribution is 2.72. The quantitative estimate of drug-likeness (QED) is 0.174. The van der Waals surface area contributed by atoms with Gasteiger partial charge in [-0.2, -0.15) is 0 Å². The van der Waals surface area contributed by atoms with Gasteiger partial charge in [0.05, 0.1) is 67.2 Å². The van der Waals surface area contributed by atoms with Gasteiger partial charge in [0.1, 0.15) is 0 Å². The Bertz CT molecular complexity index is 6850. The third-order valence-corrected chi connectivity index (χ3v) is 28.8. The molecular formula is C120H88N4. The van der Waals surface area contributed by atoms with Crippen molar-refractivity contribution in [2.45, 2.75) is 74.0 Å². The first-order valence-corrected chi connectivity index (χ1v) is 43.9. The largest absolute Gasteiger partial charge is 0.310 e. The molecule has 4 heterocycles. The van der Waals surface area contributed by atoms with E-state index in [0.29, 0.717) is 0 Å². The van der Waals surface area contributed by atoms with E-state index in [1.165, 1.54) is 190 Å². The van der Waals surface area contributed by atoms with Crippen molar-refractivity contribution in [1.29, 1.82) is 0 Å². The first-order chi connectivity index (χ1) is 60.8. The molecule has 0 atom stereocenters. The molecule has 588 valence electrons. The maximum Gasteiger partial charge on any atom is 0.0754 e. The number of anilines is 12. The van der Waals surface area contributed by atoms with E-state index in [0.717, 1.165) is 22.7 Å². The van der Waals surface area contributed by atoms with Gasteiger partial charge in [0.25, 0.3) is 0 Å². The van der Waals surface area contributed by atoms with Gasteiger partial charge >= 0.3 is 0 Å². The third-order valence-electron chi connectivity index (χ3n) is 28.8. The van der Waals surface area contributed by atoms with E-state index < -0.39 is 21.7 Å². The van der Waals surface area contributed by atoms with E-state index in [4.69, 9.17) is 0 Å². The Morgan fingerprint density at radius 3 is 0.532 bits per heavy atom. The molecule has 0 radical (unpaired) electrons. The van der Waals surface area contributed by atoms with E-state index in [1.54, 1.807) is 0 Å². The maximum atomic E-state index is 2.65. The van der Waals surface area contributed by atoms with Crippen LogP contribution >= 0.6 is 0 Å². The average Bonchev–Trinajstić information content (AvgIpc) is 1.49. The van der Waals surface area contributed by atoms with Gasteiger partial charge in [-0.3, -0.25) is 0 Å². The van der Waals surface area contributed by atoms with Crippen LogP contribution in [0.1, 0.15) is 142 Å². The molecule has 4 heteroatoms. The summed E-state index contributed by atoms with van der Waals surface area (Å²) in [5.74, 6) is 0. The van der Waals surface area contributed by atoms with Crippen LogP contribution in [0.25, 0.3) is 44.5 Å².